The highest BCUT2D eigenvalue weighted by molar-refractivity contribution is 9.10. The third-order valence-corrected chi connectivity index (χ3v) is 3.18. The summed E-state index contributed by atoms with van der Waals surface area (Å²) in [5.41, 5.74) is 7.14. The molecule has 0 bridgehead atoms. The van der Waals surface area contributed by atoms with Crippen molar-refractivity contribution < 1.29 is 14.4 Å². The van der Waals surface area contributed by atoms with Gasteiger partial charge in [-0.1, -0.05) is 21.1 Å². The van der Waals surface area contributed by atoms with Crippen LogP contribution < -0.4 is 11.1 Å². The minimum absolute atomic E-state index is 0.0993. The van der Waals surface area contributed by atoms with Crippen LogP contribution in [0.2, 0.25) is 0 Å². The molecule has 1 heterocycles. The fourth-order valence-electron chi connectivity index (χ4n) is 1.68. The van der Waals surface area contributed by atoms with Crippen molar-refractivity contribution in [3.63, 3.8) is 0 Å². The number of furan rings is 1. The van der Waals surface area contributed by atoms with Crippen LogP contribution in [0.25, 0.3) is 0 Å². The summed E-state index contributed by atoms with van der Waals surface area (Å²) >= 11 is 3.29. The number of benzene rings is 1. The van der Waals surface area contributed by atoms with Gasteiger partial charge in [-0.15, -0.1) is 0 Å². The van der Waals surface area contributed by atoms with Crippen LogP contribution in [0.5, 0.6) is 0 Å². The molecule has 20 heavy (non-hydrogen) atoms. The van der Waals surface area contributed by atoms with Crippen molar-refractivity contribution in [3.8, 4) is 0 Å². The van der Waals surface area contributed by atoms with Crippen LogP contribution in [0.4, 0.5) is 5.69 Å². The number of hydrogen-bond donors (Lipinski definition) is 3. The topological polar surface area (TPSA) is 101 Å². The van der Waals surface area contributed by atoms with E-state index in [1.165, 1.54) is 6.26 Å². The smallest absolute Gasteiger partial charge is 0.291 e. The number of carbonyl (C=O) groups is 1. The van der Waals surface area contributed by atoms with E-state index in [-0.39, 0.29) is 11.6 Å². The number of rotatable bonds is 3. The maximum Gasteiger partial charge on any atom is 0.291 e. The second kappa shape index (κ2) is 5.79. The molecule has 0 saturated heterocycles. The monoisotopic (exact) mass is 337 g/mol. The molecule has 104 valence electrons. The number of nitrogens with zero attached hydrogens (tertiary/aromatic N) is 1. The number of amidine groups is 1. The van der Waals surface area contributed by atoms with Crippen LogP contribution in [-0.4, -0.2) is 17.0 Å². The van der Waals surface area contributed by atoms with E-state index in [0.29, 0.717) is 11.3 Å². The molecular formula is C13H12BrN3O3. The van der Waals surface area contributed by atoms with Crippen molar-refractivity contribution >= 4 is 33.4 Å². The highest BCUT2D eigenvalue weighted by Gasteiger charge is 2.16. The quantitative estimate of drug-likeness (QED) is 0.347. The molecule has 0 aliphatic carbocycles. The number of oxime groups is 1. The normalized spacial score (nSPS) is 11.4. The zero-order chi connectivity index (χ0) is 14.7. The van der Waals surface area contributed by atoms with Gasteiger partial charge >= 0.3 is 0 Å². The van der Waals surface area contributed by atoms with Gasteiger partial charge in [0.25, 0.3) is 5.91 Å². The molecule has 1 aromatic heterocycles. The summed E-state index contributed by atoms with van der Waals surface area (Å²) in [5, 5.41) is 14.4. The Morgan fingerprint density at radius 3 is 2.80 bits per heavy atom. The van der Waals surface area contributed by atoms with Crippen molar-refractivity contribution in [2.45, 2.75) is 6.92 Å². The molecule has 0 aliphatic rings. The molecule has 0 aliphatic heterocycles. The summed E-state index contributed by atoms with van der Waals surface area (Å²) in [6.45, 7) is 1.77. The van der Waals surface area contributed by atoms with Crippen LogP contribution in [0.15, 0.2) is 44.6 Å². The molecule has 1 aromatic carbocycles. The lowest BCUT2D eigenvalue weighted by atomic mass is 10.1. The third kappa shape index (κ3) is 2.83. The van der Waals surface area contributed by atoms with Gasteiger partial charge in [0.15, 0.2) is 11.6 Å². The molecule has 2 aromatic rings. The summed E-state index contributed by atoms with van der Waals surface area (Å²) in [7, 11) is 0. The van der Waals surface area contributed by atoms with Gasteiger partial charge in [0.1, 0.15) is 0 Å². The Kier molecular flexibility index (Phi) is 4.09. The SMILES string of the molecule is Cc1ccoc1C(=O)Nc1ccc(Br)cc1/C(N)=N/O. The Morgan fingerprint density at radius 1 is 1.45 bits per heavy atom. The van der Waals surface area contributed by atoms with Crippen LogP contribution in [-0.2, 0) is 0 Å². The fourth-order valence-corrected chi connectivity index (χ4v) is 2.04. The van der Waals surface area contributed by atoms with Gasteiger partial charge in [-0.25, -0.2) is 0 Å². The number of amides is 1. The Morgan fingerprint density at radius 2 is 2.20 bits per heavy atom. The van der Waals surface area contributed by atoms with Crippen LogP contribution in [0.3, 0.4) is 0 Å². The molecular weight excluding hydrogens is 326 g/mol. The highest BCUT2D eigenvalue weighted by atomic mass is 79.9. The van der Waals surface area contributed by atoms with E-state index in [2.05, 4.69) is 26.4 Å². The lowest BCUT2D eigenvalue weighted by Crippen LogP contribution is -2.19. The highest BCUT2D eigenvalue weighted by Crippen LogP contribution is 2.22. The first kappa shape index (κ1) is 14.1. The van der Waals surface area contributed by atoms with Crippen LogP contribution >= 0.6 is 15.9 Å². The molecule has 2 rings (SSSR count). The Hall–Kier alpha value is -2.28. The molecule has 0 radical (unpaired) electrons. The van der Waals surface area contributed by atoms with Crippen LogP contribution in [0.1, 0.15) is 21.7 Å². The van der Waals surface area contributed by atoms with Gasteiger partial charge in [0, 0.05) is 15.6 Å². The summed E-state index contributed by atoms with van der Waals surface area (Å²) in [5.74, 6) is -0.280. The predicted octanol–water partition coefficient (Wildman–Crippen LogP) is 2.70. The molecule has 1 amide bonds. The number of nitrogens with one attached hydrogen (secondary N) is 1. The minimum Gasteiger partial charge on any atom is -0.459 e. The van der Waals surface area contributed by atoms with E-state index < -0.39 is 5.91 Å². The summed E-state index contributed by atoms with van der Waals surface area (Å²) in [6, 6.07) is 6.72. The zero-order valence-corrected chi connectivity index (χ0v) is 12.1. The molecule has 0 saturated carbocycles. The number of hydrogen-bond acceptors (Lipinski definition) is 4. The van der Waals surface area contributed by atoms with E-state index in [0.717, 1.165) is 10.0 Å². The molecule has 4 N–H and O–H groups in total. The first-order valence-electron chi connectivity index (χ1n) is 5.66. The maximum atomic E-state index is 12.1. The van der Waals surface area contributed by atoms with Gasteiger partial charge in [-0.3, -0.25) is 4.79 Å². The first-order chi connectivity index (χ1) is 9.52. The van der Waals surface area contributed by atoms with Crippen molar-refractivity contribution in [3.05, 3.63) is 51.9 Å². The van der Waals surface area contributed by atoms with E-state index in [1.807, 2.05) is 0 Å². The van der Waals surface area contributed by atoms with Gasteiger partial charge in [-0.2, -0.15) is 0 Å². The number of aryl methyl sites for hydroxylation is 1. The summed E-state index contributed by atoms with van der Waals surface area (Å²) in [6.07, 6.45) is 1.44. The largest absolute Gasteiger partial charge is 0.459 e. The van der Waals surface area contributed by atoms with E-state index in [1.54, 1.807) is 31.2 Å². The van der Waals surface area contributed by atoms with Crippen molar-refractivity contribution in [1.29, 1.82) is 0 Å². The standard InChI is InChI=1S/C13H12BrN3O3/c1-7-4-5-20-11(7)13(18)16-10-3-2-8(14)6-9(10)12(15)17-19/h2-6,19H,1H3,(H2,15,17)(H,16,18). The van der Waals surface area contributed by atoms with Gasteiger partial charge < -0.3 is 20.7 Å². The fraction of sp³-hybridized carbons (Fsp3) is 0.0769. The second-order valence-corrected chi connectivity index (χ2v) is 4.98. The zero-order valence-electron chi connectivity index (χ0n) is 10.6. The van der Waals surface area contributed by atoms with E-state index >= 15 is 0 Å². The van der Waals surface area contributed by atoms with Crippen LogP contribution in [0, 0.1) is 6.92 Å². The molecule has 0 spiro atoms. The first-order valence-corrected chi connectivity index (χ1v) is 6.45. The molecule has 6 nitrogen and oxygen atoms in total. The van der Waals surface area contributed by atoms with Crippen molar-refractivity contribution in [2.75, 3.05) is 5.32 Å². The molecule has 0 atom stereocenters. The maximum absolute atomic E-state index is 12.1. The Labute approximate surface area is 123 Å². The number of halogens is 1. The van der Waals surface area contributed by atoms with Gasteiger partial charge in [0.2, 0.25) is 0 Å². The lowest BCUT2D eigenvalue weighted by Gasteiger charge is -2.10. The average Bonchev–Trinajstić information content (AvgIpc) is 2.86. The second-order valence-electron chi connectivity index (χ2n) is 4.06. The molecule has 0 unspecified atom stereocenters. The van der Waals surface area contributed by atoms with Crippen molar-refractivity contribution in [1.82, 2.24) is 0 Å². The number of nitrogens with two attached hydrogens (primary N) is 1. The average molecular weight is 338 g/mol. The van der Waals surface area contributed by atoms with E-state index in [9.17, 15) is 4.79 Å². The number of anilines is 1. The minimum atomic E-state index is -0.401. The Bertz CT molecular complexity index is 679. The lowest BCUT2D eigenvalue weighted by molar-refractivity contribution is 0.0996. The Balaban J connectivity index is 2.35. The molecule has 0 fully saturated rings. The third-order valence-electron chi connectivity index (χ3n) is 2.68. The predicted molar refractivity (Wildman–Crippen MR) is 78.1 cm³/mol. The number of carbonyl (C=O) groups excluding carboxylic acids is 1. The van der Waals surface area contributed by atoms with Crippen molar-refractivity contribution in [2.24, 2.45) is 10.9 Å². The van der Waals surface area contributed by atoms with E-state index in [4.69, 9.17) is 15.4 Å². The summed E-state index contributed by atoms with van der Waals surface area (Å²) < 4.78 is 5.86. The molecule has 7 heteroatoms. The summed E-state index contributed by atoms with van der Waals surface area (Å²) in [4.78, 5) is 12.1. The van der Waals surface area contributed by atoms with Gasteiger partial charge in [-0.05, 0) is 31.2 Å². The van der Waals surface area contributed by atoms with Gasteiger partial charge in [0.05, 0.1) is 12.0 Å².